The van der Waals surface area contributed by atoms with Gasteiger partial charge in [0.15, 0.2) is 0 Å². The van der Waals surface area contributed by atoms with Gasteiger partial charge in [-0.15, -0.1) is 11.8 Å². The molecule has 1 unspecified atom stereocenters. The van der Waals surface area contributed by atoms with E-state index in [1.807, 2.05) is 52.2 Å². The van der Waals surface area contributed by atoms with Gasteiger partial charge in [-0.2, -0.15) is 0 Å². The van der Waals surface area contributed by atoms with E-state index in [4.69, 9.17) is 4.74 Å². The first-order valence-corrected chi connectivity index (χ1v) is 8.88. The molecule has 1 fully saturated rings. The molecule has 1 aliphatic rings. The molecule has 0 radical (unpaired) electrons. The maximum Gasteiger partial charge on any atom is 0.243 e. The fraction of sp³-hybridized carbons (Fsp3) is 0.312. The van der Waals surface area contributed by atoms with Crippen LogP contribution in [0.3, 0.4) is 0 Å². The molecule has 1 saturated heterocycles. The topological polar surface area (TPSA) is 34.5 Å². The minimum Gasteiger partial charge on any atom is -0.496 e. The van der Waals surface area contributed by atoms with Gasteiger partial charge in [0.05, 0.1) is 11.6 Å². The second-order valence-electron chi connectivity index (χ2n) is 5.06. The molecule has 1 atom stereocenters. The number of aromatic nitrogens is 1. The summed E-state index contributed by atoms with van der Waals surface area (Å²) >= 11 is 5.32. The molecule has 0 N–H and O–H groups in total. The Morgan fingerprint density at radius 1 is 1.41 bits per heavy atom. The second kappa shape index (κ2) is 6.79. The van der Waals surface area contributed by atoms with Crippen molar-refractivity contribution in [2.24, 2.45) is 0 Å². The molecule has 6 heteroatoms. The largest absolute Gasteiger partial charge is 0.496 e. The Bertz CT molecular complexity index is 660. The van der Waals surface area contributed by atoms with Gasteiger partial charge in [-0.25, -0.2) is 0 Å². The number of rotatable bonds is 4. The van der Waals surface area contributed by atoms with Crippen LogP contribution in [0.2, 0.25) is 0 Å². The number of carbonyl (C=O) groups is 1. The number of benzene rings is 1. The number of amides is 1. The quantitative estimate of drug-likeness (QED) is 0.813. The van der Waals surface area contributed by atoms with Gasteiger partial charge >= 0.3 is 0 Å². The van der Waals surface area contributed by atoms with E-state index in [2.05, 4.69) is 15.9 Å². The van der Waals surface area contributed by atoms with E-state index >= 15 is 0 Å². The smallest absolute Gasteiger partial charge is 0.243 e. The van der Waals surface area contributed by atoms with E-state index in [1.165, 1.54) is 0 Å². The first-order chi connectivity index (χ1) is 10.7. The Balaban J connectivity index is 1.78. The molecule has 0 bridgehead atoms. The fourth-order valence-electron chi connectivity index (χ4n) is 2.56. The summed E-state index contributed by atoms with van der Waals surface area (Å²) in [6, 6.07) is 9.88. The zero-order valence-electron chi connectivity index (χ0n) is 12.2. The Kier molecular flexibility index (Phi) is 4.78. The maximum atomic E-state index is 12.6. The van der Waals surface area contributed by atoms with Crippen molar-refractivity contribution in [2.45, 2.75) is 11.9 Å². The van der Waals surface area contributed by atoms with Gasteiger partial charge in [-0.3, -0.25) is 4.79 Å². The van der Waals surface area contributed by atoms with Crippen LogP contribution >= 0.6 is 27.7 Å². The fourth-order valence-corrected chi connectivity index (χ4v) is 4.39. The van der Waals surface area contributed by atoms with E-state index < -0.39 is 0 Å². The number of hydrogen-bond acceptors (Lipinski definition) is 3. The van der Waals surface area contributed by atoms with Gasteiger partial charge in [0.1, 0.15) is 17.7 Å². The summed E-state index contributed by atoms with van der Waals surface area (Å²) in [4.78, 5) is 14.5. The summed E-state index contributed by atoms with van der Waals surface area (Å²) < 4.78 is 8.09. The van der Waals surface area contributed by atoms with Crippen LogP contribution in [0.5, 0.6) is 5.75 Å². The molecule has 1 aliphatic heterocycles. The predicted octanol–water partition coefficient (Wildman–Crippen LogP) is 3.53. The lowest BCUT2D eigenvalue weighted by molar-refractivity contribution is -0.132. The van der Waals surface area contributed by atoms with Crippen LogP contribution in [0.4, 0.5) is 0 Å². The van der Waals surface area contributed by atoms with Crippen LogP contribution in [0.1, 0.15) is 10.9 Å². The van der Waals surface area contributed by atoms with Crippen molar-refractivity contribution >= 4 is 33.6 Å². The molecule has 3 rings (SSSR count). The lowest BCUT2D eigenvalue weighted by Crippen LogP contribution is -2.33. The average molecular weight is 381 g/mol. The van der Waals surface area contributed by atoms with Gasteiger partial charge in [0, 0.05) is 24.7 Å². The maximum absolute atomic E-state index is 12.6. The minimum absolute atomic E-state index is 0.0743. The molecular formula is C16H17BrN2O2S. The summed E-state index contributed by atoms with van der Waals surface area (Å²) in [5.74, 6) is 1.92. The van der Waals surface area contributed by atoms with E-state index in [0.29, 0.717) is 6.54 Å². The number of methoxy groups -OCH3 is 1. The highest BCUT2D eigenvalue weighted by atomic mass is 79.9. The summed E-state index contributed by atoms with van der Waals surface area (Å²) in [6.07, 6.45) is 3.83. The third-order valence-corrected chi connectivity index (χ3v) is 5.54. The minimum atomic E-state index is 0.0743. The monoisotopic (exact) mass is 380 g/mol. The molecule has 1 aromatic carbocycles. The van der Waals surface area contributed by atoms with Gasteiger partial charge < -0.3 is 14.2 Å². The molecule has 22 heavy (non-hydrogen) atoms. The van der Waals surface area contributed by atoms with E-state index in [-0.39, 0.29) is 11.3 Å². The number of nitrogens with zero attached hydrogens (tertiary/aromatic N) is 2. The Morgan fingerprint density at radius 3 is 2.86 bits per heavy atom. The lowest BCUT2D eigenvalue weighted by Gasteiger charge is -2.24. The first kappa shape index (κ1) is 15.5. The van der Waals surface area contributed by atoms with Gasteiger partial charge in [0.25, 0.3) is 0 Å². The summed E-state index contributed by atoms with van der Waals surface area (Å²) in [5, 5.41) is 0.0743. The average Bonchev–Trinajstić information content (AvgIpc) is 3.18. The summed E-state index contributed by atoms with van der Waals surface area (Å²) in [5.41, 5.74) is 1.12. The standard InChI is InChI=1S/C16H17BrN2O2S/c1-21-14-5-4-12(10-13(14)17)16-19(8-9-22-16)15(20)11-18-6-2-3-7-18/h2-7,10,16H,8-9,11H2,1H3. The number of thioether (sulfide) groups is 1. The van der Waals surface area contributed by atoms with E-state index in [1.54, 1.807) is 18.9 Å². The SMILES string of the molecule is COc1ccc(C2SCCN2C(=O)Cn2cccc2)cc1Br. The van der Waals surface area contributed by atoms with Gasteiger partial charge in [-0.05, 0) is 45.8 Å². The van der Waals surface area contributed by atoms with Crippen LogP contribution in [0.25, 0.3) is 0 Å². The molecule has 0 spiro atoms. The molecule has 116 valence electrons. The molecule has 1 aromatic heterocycles. The van der Waals surface area contributed by atoms with Crippen molar-refractivity contribution in [1.29, 1.82) is 0 Å². The molecule has 0 saturated carbocycles. The predicted molar refractivity (Wildman–Crippen MR) is 92.0 cm³/mol. The zero-order chi connectivity index (χ0) is 15.5. The lowest BCUT2D eigenvalue weighted by atomic mass is 10.2. The third-order valence-electron chi connectivity index (χ3n) is 3.66. The third kappa shape index (κ3) is 3.17. The highest BCUT2D eigenvalue weighted by Gasteiger charge is 2.30. The normalized spacial score (nSPS) is 17.7. The summed E-state index contributed by atoms with van der Waals surface area (Å²) in [7, 11) is 1.65. The van der Waals surface area contributed by atoms with Crippen molar-refractivity contribution in [3.05, 3.63) is 52.8 Å². The van der Waals surface area contributed by atoms with Gasteiger partial charge in [0.2, 0.25) is 5.91 Å². The highest BCUT2D eigenvalue weighted by molar-refractivity contribution is 9.10. The zero-order valence-corrected chi connectivity index (χ0v) is 14.6. The molecule has 2 heterocycles. The Morgan fingerprint density at radius 2 is 2.18 bits per heavy atom. The number of carbonyl (C=O) groups excluding carboxylic acids is 1. The van der Waals surface area contributed by atoms with Crippen LogP contribution < -0.4 is 4.74 Å². The van der Waals surface area contributed by atoms with Crippen LogP contribution in [-0.2, 0) is 11.3 Å². The van der Waals surface area contributed by atoms with Crippen LogP contribution in [0, 0.1) is 0 Å². The number of hydrogen-bond donors (Lipinski definition) is 0. The van der Waals surface area contributed by atoms with Crippen molar-refractivity contribution in [1.82, 2.24) is 9.47 Å². The summed E-state index contributed by atoms with van der Waals surface area (Å²) in [6.45, 7) is 1.18. The highest BCUT2D eigenvalue weighted by Crippen LogP contribution is 2.40. The molecule has 4 nitrogen and oxygen atoms in total. The molecule has 2 aromatic rings. The van der Waals surface area contributed by atoms with Crippen molar-refractivity contribution in [2.75, 3.05) is 19.4 Å². The second-order valence-corrected chi connectivity index (χ2v) is 7.10. The Hall–Kier alpha value is -1.40. The van der Waals surface area contributed by atoms with Crippen molar-refractivity contribution in [3.8, 4) is 5.75 Å². The molecular weight excluding hydrogens is 364 g/mol. The number of ether oxygens (including phenoxy) is 1. The van der Waals surface area contributed by atoms with Crippen molar-refractivity contribution < 1.29 is 9.53 Å². The van der Waals surface area contributed by atoms with Crippen molar-refractivity contribution in [3.63, 3.8) is 0 Å². The number of halogens is 1. The first-order valence-electron chi connectivity index (χ1n) is 7.04. The van der Waals surface area contributed by atoms with E-state index in [0.717, 1.165) is 28.1 Å². The van der Waals surface area contributed by atoms with Crippen LogP contribution in [0.15, 0.2) is 47.2 Å². The Labute approximate surface area is 142 Å². The van der Waals surface area contributed by atoms with Gasteiger partial charge in [-0.1, -0.05) is 6.07 Å². The molecule has 1 amide bonds. The molecule has 0 aliphatic carbocycles. The van der Waals surface area contributed by atoms with Crippen LogP contribution in [-0.4, -0.2) is 34.8 Å². The van der Waals surface area contributed by atoms with E-state index in [9.17, 15) is 4.79 Å².